The Hall–Kier alpha value is -1.52. The summed E-state index contributed by atoms with van der Waals surface area (Å²) < 4.78 is 5.49. The maximum absolute atomic E-state index is 12.0. The molecular formula is C17H21ClN2O2. The number of ether oxygens (including phenoxy) is 1. The van der Waals surface area contributed by atoms with Crippen LogP contribution in [0.5, 0.6) is 0 Å². The van der Waals surface area contributed by atoms with Crippen LogP contribution in [0.1, 0.15) is 31.2 Å². The van der Waals surface area contributed by atoms with Gasteiger partial charge in [-0.05, 0) is 49.4 Å². The van der Waals surface area contributed by atoms with Crippen molar-refractivity contribution < 1.29 is 9.53 Å². The van der Waals surface area contributed by atoms with Crippen LogP contribution in [0.15, 0.2) is 24.4 Å². The summed E-state index contributed by atoms with van der Waals surface area (Å²) in [6.07, 6.45) is 6.35. The Morgan fingerprint density at radius 2 is 2.27 bits per heavy atom. The number of aromatic nitrogens is 1. The van der Waals surface area contributed by atoms with E-state index in [-0.39, 0.29) is 11.5 Å². The first-order chi connectivity index (χ1) is 10.6. The quantitative estimate of drug-likeness (QED) is 0.856. The van der Waals surface area contributed by atoms with Gasteiger partial charge >= 0.3 is 0 Å². The molecule has 1 aromatic carbocycles. The maximum Gasteiger partial charge on any atom is 0.222 e. The molecule has 1 aliphatic rings. The fraction of sp³-hybridized carbons (Fsp3) is 0.471. The number of H-pyrrole nitrogens is 1. The standard InChI is InChI=1S/C17H21ClN2O2/c1-22-17(6-2-7-17)10-16(21)19-8-5-12-11-20-15-4-3-13(18)9-14(12)15/h3-4,9,11,20H,2,5-8,10H2,1H3,(H,19,21). The van der Waals surface area contributed by atoms with Gasteiger partial charge in [0.2, 0.25) is 5.91 Å². The van der Waals surface area contributed by atoms with E-state index in [0.29, 0.717) is 13.0 Å². The van der Waals surface area contributed by atoms with E-state index in [0.717, 1.165) is 41.6 Å². The van der Waals surface area contributed by atoms with Gasteiger partial charge in [0.05, 0.1) is 12.0 Å². The molecule has 0 radical (unpaired) electrons. The zero-order chi connectivity index (χ0) is 15.6. The maximum atomic E-state index is 12.0. The summed E-state index contributed by atoms with van der Waals surface area (Å²) in [7, 11) is 1.70. The first kappa shape index (κ1) is 15.4. The number of amides is 1. The first-order valence-electron chi connectivity index (χ1n) is 7.69. The van der Waals surface area contributed by atoms with E-state index in [1.807, 2.05) is 24.4 Å². The summed E-state index contributed by atoms with van der Waals surface area (Å²) in [5.41, 5.74) is 2.03. The smallest absolute Gasteiger partial charge is 0.222 e. The number of carbonyl (C=O) groups excluding carboxylic acids is 1. The van der Waals surface area contributed by atoms with Crippen LogP contribution in [0, 0.1) is 0 Å². The van der Waals surface area contributed by atoms with Crippen molar-refractivity contribution in [1.82, 2.24) is 10.3 Å². The number of methoxy groups -OCH3 is 1. The van der Waals surface area contributed by atoms with Crippen molar-refractivity contribution >= 4 is 28.4 Å². The van der Waals surface area contributed by atoms with Gasteiger partial charge in [-0.15, -0.1) is 0 Å². The summed E-state index contributed by atoms with van der Waals surface area (Å²) in [4.78, 5) is 15.3. The molecule has 2 N–H and O–H groups in total. The largest absolute Gasteiger partial charge is 0.378 e. The van der Waals surface area contributed by atoms with E-state index in [2.05, 4.69) is 10.3 Å². The van der Waals surface area contributed by atoms with Crippen molar-refractivity contribution in [2.75, 3.05) is 13.7 Å². The number of rotatable bonds is 6. The zero-order valence-corrected chi connectivity index (χ0v) is 13.5. The van der Waals surface area contributed by atoms with Crippen LogP contribution in [-0.2, 0) is 16.0 Å². The first-order valence-corrected chi connectivity index (χ1v) is 8.07. The van der Waals surface area contributed by atoms with Crippen molar-refractivity contribution in [2.45, 2.75) is 37.7 Å². The molecule has 1 fully saturated rings. The minimum absolute atomic E-state index is 0.0689. The molecule has 0 bridgehead atoms. The lowest BCUT2D eigenvalue weighted by Gasteiger charge is -2.39. The van der Waals surface area contributed by atoms with E-state index in [4.69, 9.17) is 16.3 Å². The molecule has 1 aliphatic carbocycles. The fourth-order valence-corrected chi connectivity index (χ4v) is 3.25. The molecule has 1 amide bonds. The van der Waals surface area contributed by atoms with Gasteiger partial charge in [-0.1, -0.05) is 11.6 Å². The van der Waals surface area contributed by atoms with E-state index in [1.165, 1.54) is 5.56 Å². The zero-order valence-electron chi connectivity index (χ0n) is 12.7. The molecule has 0 spiro atoms. The normalized spacial score (nSPS) is 16.5. The number of halogens is 1. The predicted octanol–water partition coefficient (Wildman–Crippen LogP) is 3.44. The number of benzene rings is 1. The molecule has 3 rings (SSSR count). The second kappa shape index (κ2) is 6.31. The van der Waals surface area contributed by atoms with Crippen LogP contribution in [0.3, 0.4) is 0 Å². The molecule has 118 valence electrons. The lowest BCUT2D eigenvalue weighted by atomic mass is 9.77. The number of carbonyl (C=O) groups is 1. The lowest BCUT2D eigenvalue weighted by Crippen LogP contribution is -2.44. The summed E-state index contributed by atoms with van der Waals surface area (Å²) in [6.45, 7) is 0.623. The average Bonchev–Trinajstić information content (AvgIpc) is 2.85. The number of nitrogens with one attached hydrogen (secondary N) is 2. The number of hydrogen-bond acceptors (Lipinski definition) is 2. The third kappa shape index (κ3) is 3.13. The topological polar surface area (TPSA) is 54.1 Å². The van der Waals surface area contributed by atoms with E-state index in [1.54, 1.807) is 7.11 Å². The molecule has 5 heteroatoms. The molecule has 1 heterocycles. The Labute approximate surface area is 135 Å². The van der Waals surface area contributed by atoms with E-state index >= 15 is 0 Å². The van der Waals surface area contributed by atoms with Crippen molar-refractivity contribution in [2.24, 2.45) is 0 Å². The highest BCUT2D eigenvalue weighted by molar-refractivity contribution is 6.31. The van der Waals surface area contributed by atoms with Gasteiger partial charge in [-0.2, -0.15) is 0 Å². The lowest BCUT2D eigenvalue weighted by molar-refractivity contribution is -0.134. The Morgan fingerprint density at radius 1 is 1.45 bits per heavy atom. The third-order valence-electron chi connectivity index (χ3n) is 4.63. The van der Waals surface area contributed by atoms with Crippen LogP contribution in [0.25, 0.3) is 10.9 Å². The van der Waals surface area contributed by atoms with Gasteiger partial charge in [0.15, 0.2) is 0 Å². The van der Waals surface area contributed by atoms with Crippen LogP contribution >= 0.6 is 11.6 Å². The van der Waals surface area contributed by atoms with Crippen LogP contribution in [-0.4, -0.2) is 30.1 Å². The van der Waals surface area contributed by atoms with Crippen LogP contribution in [0.4, 0.5) is 0 Å². The van der Waals surface area contributed by atoms with Crippen molar-refractivity contribution in [3.63, 3.8) is 0 Å². The molecule has 0 unspecified atom stereocenters. The molecule has 1 saturated carbocycles. The fourth-order valence-electron chi connectivity index (χ4n) is 3.07. The molecule has 0 aliphatic heterocycles. The van der Waals surface area contributed by atoms with E-state index < -0.39 is 0 Å². The summed E-state index contributed by atoms with van der Waals surface area (Å²) in [5, 5.41) is 4.84. The van der Waals surface area contributed by atoms with Crippen LogP contribution in [0.2, 0.25) is 5.02 Å². The number of aromatic amines is 1. The highest BCUT2D eigenvalue weighted by atomic mass is 35.5. The van der Waals surface area contributed by atoms with Crippen molar-refractivity contribution in [3.8, 4) is 0 Å². The Morgan fingerprint density at radius 3 is 2.95 bits per heavy atom. The Balaban J connectivity index is 1.54. The predicted molar refractivity (Wildman–Crippen MR) is 88.2 cm³/mol. The SMILES string of the molecule is COC1(CC(=O)NCCc2c[nH]c3ccc(Cl)cc23)CCC1. The number of fused-ring (bicyclic) bond motifs is 1. The Bertz CT molecular complexity index is 671. The molecule has 0 atom stereocenters. The molecule has 2 aromatic rings. The number of hydrogen-bond donors (Lipinski definition) is 2. The third-order valence-corrected chi connectivity index (χ3v) is 4.86. The Kier molecular flexibility index (Phi) is 4.41. The van der Waals surface area contributed by atoms with Gasteiger partial charge in [0.25, 0.3) is 0 Å². The average molecular weight is 321 g/mol. The second-order valence-electron chi connectivity index (χ2n) is 6.02. The van der Waals surface area contributed by atoms with Gasteiger partial charge in [-0.25, -0.2) is 0 Å². The monoisotopic (exact) mass is 320 g/mol. The van der Waals surface area contributed by atoms with Crippen LogP contribution < -0.4 is 5.32 Å². The summed E-state index contributed by atoms with van der Waals surface area (Å²) in [5.74, 6) is 0.0689. The molecule has 1 aromatic heterocycles. The molecule has 22 heavy (non-hydrogen) atoms. The minimum atomic E-state index is -0.210. The summed E-state index contributed by atoms with van der Waals surface area (Å²) in [6, 6.07) is 5.80. The van der Waals surface area contributed by atoms with E-state index in [9.17, 15) is 4.79 Å². The minimum Gasteiger partial charge on any atom is -0.378 e. The van der Waals surface area contributed by atoms with Gasteiger partial charge in [0, 0.05) is 35.8 Å². The van der Waals surface area contributed by atoms with Gasteiger partial charge < -0.3 is 15.0 Å². The van der Waals surface area contributed by atoms with Crippen molar-refractivity contribution in [1.29, 1.82) is 0 Å². The van der Waals surface area contributed by atoms with Gasteiger partial charge in [0.1, 0.15) is 0 Å². The van der Waals surface area contributed by atoms with Gasteiger partial charge in [-0.3, -0.25) is 4.79 Å². The molecular weight excluding hydrogens is 300 g/mol. The molecule has 4 nitrogen and oxygen atoms in total. The highest BCUT2D eigenvalue weighted by Gasteiger charge is 2.38. The molecule has 0 saturated heterocycles. The summed E-state index contributed by atoms with van der Waals surface area (Å²) >= 11 is 6.05. The highest BCUT2D eigenvalue weighted by Crippen LogP contribution is 2.37. The second-order valence-corrected chi connectivity index (χ2v) is 6.46. The van der Waals surface area contributed by atoms with Crippen molar-refractivity contribution in [3.05, 3.63) is 35.0 Å².